The Morgan fingerprint density at radius 2 is 2.00 bits per heavy atom. The van der Waals surface area contributed by atoms with Crippen LogP contribution in [0.5, 0.6) is 0 Å². The van der Waals surface area contributed by atoms with Crippen molar-refractivity contribution in [3.8, 4) is 0 Å². The van der Waals surface area contributed by atoms with E-state index in [9.17, 15) is 8.42 Å². The Morgan fingerprint density at radius 1 is 1.29 bits per heavy atom. The summed E-state index contributed by atoms with van der Waals surface area (Å²) in [7, 11) is -3.16. The standard InChI is InChI=1S/C16H21N3O2S2.HI/c1-11(2)12-5-4-6-13(9-12)19-16(17)18-10-14-7-8-15(22-14)23(3,20)21;/h4-9,11H,10H2,1-3H3,(H3,17,18,19);1H. The highest BCUT2D eigenvalue weighted by molar-refractivity contribution is 14.0. The van der Waals surface area contributed by atoms with Gasteiger partial charge in [0.15, 0.2) is 15.8 Å². The minimum Gasteiger partial charge on any atom is -0.370 e. The van der Waals surface area contributed by atoms with Crippen LogP contribution >= 0.6 is 35.3 Å². The summed E-state index contributed by atoms with van der Waals surface area (Å²) >= 11 is 1.22. The normalized spacial score (nSPS) is 12.1. The summed E-state index contributed by atoms with van der Waals surface area (Å²) in [5.41, 5.74) is 8.01. The molecular weight excluding hydrogens is 457 g/mol. The van der Waals surface area contributed by atoms with Gasteiger partial charge in [-0.1, -0.05) is 26.0 Å². The van der Waals surface area contributed by atoms with Gasteiger partial charge in [0.05, 0.1) is 6.54 Å². The molecule has 0 fully saturated rings. The minimum atomic E-state index is -3.16. The third-order valence-electron chi connectivity index (χ3n) is 3.23. The van der Waals surface area contributed by atoms with Gasteiger partial charge >= 0.3 is 0 Å². The van der Waals surface area contributed by atoms with Crippen molar-refractivity contribution in [2.75, 3.05) is 11.6 Å². The number of hydrogen-bond donors (Lipinski definition) is 2. The quantitative estimate of drug-likeness (QED) is 0.388. The topological polar surface area (TPSA) is 84.5 Å². The number of sulfone groups is 1. The van der Waals surface area contributed by atoms with E-state index in [4.69, 9.17) is 5.73 Å². The highest BCUT2D eigenvalue weighted by Crippen LogP contribution is 2.22. The number of anilines is 1. The zero-order chi connectivity index (χ0) is 17.0. The summed E-state index contributed by atoms with van der Waals surface area (Å²) in [4.78, 5) is 5.11. The number of nitrogens with one attached hydrogen (secondary N) is 1. The minimum absolute atomic E-state index is 0. The van der Waals surface area contributed by atoms with Crippen molar-refractivity contribution in [3.05, 3.63) is 46.8 Å². The number of guanidine groups is 1. The molecule has 132 valence electrons. The fourth-order valence-electron chi connectivity index (χ4n) is 1.97. The maximum Gasteiger partial charge on any atom is 0.193 e. The van der Waals surface area contributed by atoms with Gasteiger partial charge in [-0.3, -0.25) is 0 Å². The van der Waals surface area contributed by atoms with E-state index in [0.29, 0.717) is 22.6 Å². The fraction of sp³-hybridized carbons (Fsp3) is 0.312. The molecule has 0 radical (unpaired) electrons. The molecular formula is C16H22IN3O2S2. The van der Waals surface area contributed by atoms with Crippen molar-refractivity contribution in [1.29, 1.82) is 0 Å². The molecule has 0 atom stereocenters. The molecule has 2 aromatic rings. The fourth-order valence-corrected chi connectivity index (χ4v) is 3.87. The molecule has 0 aliphatic rings. The van der Waals surface area contributed by atoms with Gasteiger partial charge in [0.25, 0.3) is 0 Å². The zero-order valence-electron chi connectivity index (χ0n) is 13.8. The molecule has 0 aliphatic carbocycles. The van der Waals surface area contributed by atoms with E-state index in [1.807, 2.05) is 18.2 Å². The third kappa shape index (κ3) is 6.06. The molecule has 0 spiro atoms. The molecule has 0 saturated carbocycles. The first-order valence-corrected chi connectivity index (χ1v) is 9.92. The number of rotatable bonds is 5. The molecule has 5 nitrogen and oxygen atoms in total. The van der Waals surface area contributed by atoms with Gasteiger partial charge in [0, 0.05) is 16.8 Å². The van der Waals surface area contributed by atoms with Gasteiger partial charge in [-0.2, -0.15) is 0 Å². The third-order valence-corrected chi connectivity index (χ3v) is 6.12. The van der Waals surface area contributed by atoms with Crippen LogP contribution in [0, 0.1) is 0 Å². The van der Waals surface area contributed by atoms with E-state index in [2.05, 4.69) is 30.2 Å². The summed E-state index contributed by atoms with van der Waals surface area (Å²) in [5, 5.41) is 3.06. The second-order valence-electron chi connectivity index (χ2n) is 5.60. The molecule has 0 aliphatic heterocycles. The number of thiophene rings is 1. The van der Waals surface area contributed by atoms with Gasteiger partial charge in [0.1, 0.15) is 4.21 Å². The van der Waals surface area contributed by atoms with Gasteiger partial charge in [-0.25, -0.2) is 13.4 Å². The Bertz CT molecular complexity index is 814. The maximum atomic E-state index is 11.4. The highest BCUT2D eigenvalue weighted by atomic mass is 127. The number of halogens is 1. The lowest BCUT2D eigenvalue weighted by Crippen LogP contribution is -2.22. The molecule has 2 rings (SSSR count). The van der Waals surface area contributed by atoms with Crippen LogP contribution in [0.4, 0.5) is 5.69 Å². The SMILES string of the molecule is CC(C)c1cccc(NC(N)=NCc2ccc(S(C)(=O)=O)s2)c1.I. The van der Waals surface area contributed by atoms with E-state index in [0.717, 1.165) is 10.6 Å². The molecule has 0 bridgehead atoms. The Hall–Kier alpha value is -1.13. The Balaban J connectivity index is 0.00000288. The van der Waals surface area contributed by atoms with Crippen molar-refractivity contribution in [2.24, 2.45) is 10.7 Å². The van der Waals surface area contributed by atoms with Gasteiger partial charge in [-0.15, -0.1) is 35.3 Å². The number of aliphatic imine (C=N–C) groups is 1. The van der Waals surface area contributed by atoms with Crippen LogP contribution in [0.25, 0.3) is 0 Å². The molecule has 3 N–H and O–H groups in total. The lowest BCUT2D eigenvalue weighted by atomic mass is 10.0. The molecule has 24 heavy (non-hydrogen) atoms. The summed E-state index contributed by atoms with van der Waals surface area (Å²) in [6, 6.07) is 11.4. The first kappa shape index (κ1) is 20.9. The lowest BCUT2D eigenvalue weighted by molar-refractivity contribution is 0.604. The van der Waals surface area contributed by atoms with Crippen LogP contribution in [-0.4, -0.2) is 20.6 Å². The summed E-state index contributed by atoms with van der Waals surface area (Å²) in [6.45, 7) is 4.61. The summed E-state index contributed by atoms with van der Waals surface area (Å²) in [6.07, 6.45) is 1.20. The van der Waals surface area contributed by atoms with Crippen LogP contribution < -0.4 is 11.1 Å². The number of hydrogen-bond acceptors (Lipinski definition) is 4. The van der Waals surface area contributed by atoms with E-state index in [1.54, 1.807) is 12.1 Å². The van der Waals surface area contributed by atoms with E-state index < -0.39 is 9.84 Å². The highest BCUT2D eigenvalue weighted by Gasteiger charge is 2.10. The maximum absolute atomic E-state index is 11.4. The molecule has 1 heterocycles. The lowest BCUT2D eigenvalue weighted by Gasteiger charge is -2.09. The number of nitrogens with two attached hydrogens (primary N) is 1. The van der Waals surface area contributed by atoms with Crippen molar-refractivity contribution in [2.45, 2.75) is 30.5 Å². The number of benzene rings is 1. The van der Waals surface area contributed by atoms with Crippen molar-refractivity contribution in [1.82, 2.24) is 0 Å². The van der Waals surface area contributed by atoms with Crippen LogP contribution in [0.15, 0.2) is 45.6 Å². The van der Waals surface area contributed by atoms with E-state index in [-0.39, 0.29) is 24.0 Å². The molecule has 1 aromatic carbocycles. The van der Waals surface area contributed by atoms with Gasteiger partial charge < -0.3 is 11.1 Å². The molecule has 1 aromatic heterocycles. The van der Waals surface area contributed by atoms with Crippen LogP contribution in [0.1, 0.15) is 30.2 Å². The molecule has 8 heteroatoms. The molecule has 0 amide bonds. The monoisotopic (exact) mass is 479 g/mol. The number of nitrogens with zero attached hydrogens (tertiary/aromatic N) is 1. The predicted molar refractivity (Wildman–Crippen MR) is 112 cm³/mol. The van der Waals surface area contributed by atoms with Crippen LogP contribution in [-0.2, 0) is 16.4 Å². The second kappa shape index (κ2) is 8.82. The average molecular weight is 479 g/mol. The van der Waals surface area contributed by atoms with Crippen LogP contribution in [0.2, 0.25) is 0 Å². The van der Waals surface area contributed by atoms with Crippen molar-refractivity contribution < 1.29 is 8.42 Å². The first-order chi connectivity index (χ1) is 10.8. The Kier molecular flexibility index (Phi) is 7.68. The average Bonchev–Trinajstić information content (AvgIpc) is 2.94. The van der Waals surface area contributed by atoms with E-state index >= 15 is 0 Å². The second-order valence-corrected chi connectivity index (χ2v) is 9.01. The van der Waals surface area contributed by atoms with Crippen LogP contribution in [0.3, 0.4) is 0 Å². The molecule has 0 unspecified atom stereocenters. The summed E-state index contributed by atoms with van der Waals surface area (Å²) < 4.78 is 23.2. The smallest absolute Gasteiger partial charge is 0.193 e. The van der Waals surface area contributed by atoms with Gasteiger partial charge in [0.2, 0.25) is 0 Å². The first-order valence-electron chi connectivity index (χ1n) is 7.21. The van der Waals surface area contributed by atoms with Gasteiger partial charge in [-0.05, 0) is 35.7 Å². The predicted octanol–water partition coefficient (Wildman–Crippen LogP) is 3.82. The largest absolute Gasteiger partial charge is 0.370 e. The zero-order valence-corrected chi connectivity index (χ0v) is 17.8. The molecule has 0 saturated heterocycles. The van der Waals surface area contributed by atoms with E-state index in [1.165, 1.54) is 23.2 Å². The van der Waals surface area contributed by atoms with Crippen molar-refractivity contribution >= 4 is 56.8 Å². The Labute approximate surface area is 164 Å². The summed E-state index contributed by atoms with van der Waals surface area (Å²) in [5.74, 6) is 0.746. The Morgan fingerprint density at radius 3 is 2.58 bits per heavy atom. The van der Waals surface area contributed by atoms with Crippen molar-refractivity contribution in [3.63, 3.8) is 0 Å².